The molecule has 0 fully saturated rings. The van der Waals surface area contributed by atoms with Crippen LogP contribution in [0, 0.1) is 0 Å². The molecule has 3 aromatic rings. The summed E-state index contributed by atoms with van der Waals surface area (Å²) in [7, 11) is 7.11. The molecule has 0 bridgehead atoms. The Morgan fingerprint density at radius 2 is 1.41 bits per heavy atom. The second-order valence-corrected chi connectivity index (χ2v) is 9.04. The molecule has 1 heterocycles. The van der Waals surface area contributed by atoms with Gasteiger partial charge in [0.1, 0.15) is 0 Å². The quantitative estimate of drug-likeness (QED) is 0.288. The van der Waals surface area contributed by atoms with Crippen molar-refractivity contribution in [1.29, 1.82) is 0 Å². The molecule has 37 heavy (non-hydrogen) atoms. The normalized spacial score (nSPS) is 10.7. The Balaban J connectivity index is 0.00000481. The molecule has 0 saturated heterocycles. The van der Waals surface area contributed by atoms with Crippen LogP contribution in [0.15, 0.2) is 24.3 Å². The van der Waals surface area contributed by atoms with Crippen LogP contribution in [-0.2, 0) is 0 Å². The summed E-state index contributed by atoms with van der Waals surface area (Å²) in [6.45, 7) is 8.06. The van der Waals surface area contributed by atoms with Gasteiger partial charge in [-0.2, -0.15) is 0 Å². The molecule has 0 saturated carbocycles. The number of hydrogen-bond donors (Lipinski definition) is 0. The highest BCUT2D eigenvalue weighted by atomic mass is 35.5. The second kappa shape index (κ2) is 14.1. The van der Waals surface area contributed by atoms with Crippen molar-refractivity contribution in [2.24, 2.45) is 0 Å². The Bertz CT molecular complexity index is 1120. The molecule has 204 valence electrons. The SMILES string of the molecule is CCOc1cc(C(=O)N(CCN(C)C)c2nc3cc(OC)c(OC)cc3s2)cc(OCC)c1OCC.Cl. The van der Waals surface area contributed by atoms with E-state index in [1.807, 2.05) is 51.9 Å². The summed E-state index contributed by atoms with van der Waals surface area (Å²) >= 11 is 1.42. The predicted octanol–water partition coefficient (Wildman–Crippen LogP) is 5.14. The fourth-order valence-corrected chi connectivity index (χ4v) is 4.61. The average Bonchev–Trinajstić information content (AvgIpc) is 3.27. The van der Waals surface area contributed by atoms with Crippen LogP contribution in [0.25, 0.3) is 10.2 Å². The van der Waals surface area contributed by atoms with Crippen molar-refractivity contribution in [2.75, 3.05) is 66.1 Å². The first-order valence-corrected chi connectivity index (χ1v) is 12.7. The first kappa shape index (κ1) is 30.3. The number of nitrogens with zero attached hydrogens (tertiary/aromatic N) is 3. The molecular formula is C26H36ClN3O6S. The number of halogens is 1. The molecule has 0 spiro atoms. The summed E-state index contributed by atoms with van der Waals surface area (Å²) in [6, 6.07) is 7.12. The van der Waals surface area contributed by atoms with Crippen molar-refractivity contribution in [3.8, 4) is 28.7 Å². The molecular weight excluding hydrogens is 518 g/mol. The number of anilines is 1. The van der Waals surface area contributed by atoms with E-state index in [0.29, 0.717) is 72.4 Å². The molecule has 11 heteroatoms. The molecule has 0 atom stereocenters. The standard InChI is InChI=1S/C26H35N3O6S.ClH/c1-8-33-21-13-17(14-22(34-9-2)24(21)35-10-3)25(30)29(12-11-28(4)5)26-27-18-15-19(31-6)20(32-7)16-23(18)36-26;/h13-16H,8-12H2,1-7H3;1H. The maximum Gasteiger partial charge on any atom is 0.260 e. The van der Waals surface area contributed by atoms with Gasteiger partial charge in [-0.25, -0.2) is 4.98 Å². The minimum atomic E-state index is -0.209. The van der Waals surface area contributed by atoms with Crippen LogP contribution in [0.5, 0.6) is 28.7 Å². The Morgan fingerprint density at radius 3 is 1.92 bits per heavy atom. The summed E-state index contributed by atoms with van der Waals surface area (Å²) < 4.78 is 29.2. The highest BCUT2D eigenvalue weighted by Gasteiger charge is 2.25. The lowest BCUT2D eigenvalue weighted by Gasteiger charge is -2.23. The van der Waals surface area contributed by atoms with Crippen molar-refractivity contribution < 1.29 is 28.5 Å². The van der Waals surface area contributed by atoms with E-state index in [1.165, 1.54) is 11.3 Å². The second-order valence-electron chi connectivity index (χ2n) is 8.03. The van der Waals surface area contributed by atoms with Crippen molar-refractivity contribution >= 4 is 45.0 Å². The number of methoxy groups -OCH3 is 2. The minimum Gasteiger partial charge on any atom is -0.493 e. The number of fused-ring (bicyclic) bond motifs is 1. The number of benzene rings is 2. The number of carbonyl (C=O) groups excluding carboxylic acids is 1. The van der Waals surface area contributed by atoms with E-state index in [4.69, 9.17) is 28.7 Å². The van der Waals surface area contributed by atoms with Crippen LogP contribution in [0.3, 0.4) is 0 Å². The monoisotopic (exact) mass is 553 g/mol. The van der Waals surface area contributed by atoms with Gasteiger partial charge in [0.05, 0.1) is 44.3 Å². The summed E-state index contributed by atoms with van der Waals surface area (Å²) in [6.07, 6.45) is 0. The summed E-state index contributed by atoms with van der Waals surface area (Å²) in [4.78, 5) is 22.4. The van der Waals surface area contributed by atoms with Crippen molar-refractivity contribution in [1.82, 2.24) is 9.88 Å². The number of thiazole rings is 1. The highest BCUT2D eigenvalue weighted by Crippen LogP contribution is 2.41. The summed E-state index contributed by atoms with van der Waals surface area (Å²) in [5.41, 5.74) is 1.16. The van der Waals surface area contributed by atoms with E-state index in [1.54, 1.807) is 31.3 Å². The Hall–Kier alpha value is -2.95. The average molecular weight is 554 g/mol. The van der Waals surface area contributed by atoms with Gasteiger partial charge >= 0.3 is 0 Å². The number of amides is 1. The number of likely N-dealkylation sites (N-methyl/N-ethyl adjacent to an activating group) is 1. The molecule has 3 rings (SSSR count). The van der Waals surface area contributed by atoms with E-state index >= 15 is 0 Å². The number of carbonyl (C=O) groups is 1. The first-order valence-electron chi connectivity index (χ1n) is 11.9. The highest BCUT2D eigenvalue weighted by molar-refractivity contribution is 7.22. The molecule has 0 radical (unpaired) electrons. The Kier molecular flexibility index (Phi) is 11.5. The van der Waals surface area contributed by atoms with Gasteiger partial charge in [-0.3, -0.25) is 9.69 Å². The third-order valence-corrected chi connectivity index (χ3v) is 6.33. The zero-order valence-electron chi connectivity index (χ0n) is 22.5. The van der Waals surface area contributed by atoms with E-state index in [-0.39, 0.29) is 18.3 Å². The molecule has 0 aliphatic rings. The maximum absolute atomic E-state index is 13.9. The van der Waals surface area contributed by atoms with Gasteiger partial charge in [0.2, 0.25) is 5.75 Å². The van der Waals surface area contributed by atoms with Crippen molar-refractivity contribution in [3.05, 3.63) is 29.8 Å². The first-order chi connectivity index (χ1) is 17.4. The van der Waals surface area contributed by atoms with Crippen LogP contribution in [0.2, 0.25) is 0 Å². The molecule has 0 unspecified atom stereocenters. The van der Waals surface area contributed by atoms with Crippen LogP contribution in [0.1, 0.15) is 31.1 Å². The lowest BCUT2D eigenvalue weighted by Crippen LogP contribution is -2.36. The Morgan fingerprint density at radius 1 is 0.838 bits per heavy atom. The van der Waals surface area contributed by atoms with E-state index in [0.717, 1.165) is 10.2 Å². The van der Waals surface area contributed by atoms with Gasteiger partial charge in [0.15, 0.2) is 28.1 Å². The zero-order chi connectivity index (χ0) is 26.2. The van der Waals surface area contributed by atoms with E-state index in [9.17, 15) is 4.79 Å². The number of ether oxygens (including phenoxy) is 5. The minimum absolute atomic E-state index is 0. The van der Waals surface area contributed by atoms with Gasteiger partial charge in [0, 0.05) is 30.8 Å². The summed E-state index contributed by atoms with van der Waals surface area (Å²) in [5, 5.41) is 0.581. The summed E-state index contributed by atoms with van der Waals surface area (Å²) in [5.74, 6) is 2.43. The molecule has 1 amide bonds. The largest absolute Gasteiger partial charge is 0.493 e. The molecule has 0 N–H and O–H groups in total. The van der Waals surface area contributed by atoms with Crippen molar-refractivity contribution in [2.45, 2.75) is 20.8 Å². The maximum atomic E-state index is 13.9. The number of hydrogen-bond acceptors (Lipinski definition) is 9. The van der Waals surface area contributed by atoms with Crippen LogP contribution in [0.4, 0.5) is 5.13 Å². The van der Waals surface area contributed by atoms with Crippen molar-refractivity contribution in [3.63, 3.8) is 0 Å². The smallest absolute Gasteiger partial charge is 0.260 e. The Labute approximate surface area is 228 Å². The number of rotatable bonds is 13. The van der Waals surface area contributed by atoms with Gasteiger partial charge < -0.3 is 28.6 Å². The topological polar surface area (TPSA) is 82.6 Å². The van der Waals surface area contributed by atoms with E-state index < -0.39 is 0 Å². The molecule has 2 aromatic carbocycles. The predicted molar refractivity (Wildman–Crippen MR) is 150 cm³/mol. The van der Waals surface area contributed by atoms with Crippen LogP contribution >= 0.6 is 23.7 Å². The van der Waals surface area contributed by atoms with Gasteiger partial charge in [-0.1, -0.05) is 11.3 Å². The van der Waals surface area contributed by atoms with Crippen LogP contribution < -0.4 is 28.6 Å². The lowest BCUT2D eigenvalue weighted by molar-refractivity contribution is 0.0984. The van der Waals surface area contributed by atoms with Crippen LogP contribution in [-0.4, -0.2) is 77.0 Å². The number of aromatic nitrogens is 1. The molecule has 0 aliphatic carbocycles. The van der Waals surface area contributed by atoms with Gasteiger partial charge in [-0.05, 0) is 47.0 Å². The third kappa shape index (κ3) is 7.09. The zero-order valence-corrected chi connectivity index (χ0v) is 24.1. The molecule has 9 nitrogen and oxygen atoms in total. The fraction of sp³-hybridized carbons (Fsp3) is 0.462. The third-order valence-electron chi connectivity index (χ3n) is 5.29. The van der Waals surface area contributed by atoms with Gasteiger partial charge in [-0.15, -0.1) is 12.4 Å². The molecule has 1 aromatic heterocycles. The fourth-order valence-electron chi connectivity index (χ4n) is 3.61. The lowest BCUT2D eigenvalue weighted by atomic mass is 10.1. The van der Waals surface area contributed by atoms with E-state index in [2.05, 4.69) is 0 Å². The van der Waals surface area contributed by atoms with Gasteiger partial charge in [0.25, 0.3) is 5.91 Å². The molecule has 0 aliphatic heterocycles.